The summed E-state index contributed by atoms with van der Waals surface area (Å²) in [4.78, 5) is 25.5. The van der Waals surface area contributed by atoms with Gasteiger partial charge in [0.2, 0.25) is 0 Å². The zero-order chi connectivity index (χ0) is 23.7. The van der Waals surface area contributed by atoms with Crippen LogP contribution in [0.5, 0.6) is 5.75 Å². The molecule has 2 aliphatic heterocycles. The van der Waals surface area contributed by atoms with E-state index in [-0.39, 0.29) is 17.9 Å². The van der Waals surface area contributed by atoms with Crippen LogP contribution in [0.2, 0.25) is 5.02 Å². The molecule has 178 valence electrons. The largest absolute Gasteiger partial charge is 0.493 e. The Hall–Kier alpha value is -3.14. The Morgan fingerprint density at radius 1 is 1.29 bits per heavy atom. The van der Waals surface area contributed by atoms with E-state index in [1.54, 1.807) is 19.4 Å². The molecule has 2 aromatic heterocycles. The second-order valence-corrected chi connectivity index (χ2v) is 8.72. The van der Waals surface area contributed by atoms with E-state index in [4.69, 9.17) is 25.8 Å². The van der Waals surface area contributed by atoms with E-state index in [0.29, 0.717) is 71.3 Å². The van der Waals surface area contributed by atoms with Crippen molar-refractivity contribution in [1.29, 1.82) is 0 Å². The first-order valence-corrected chi connectivity index (χ1v) is 11.6. The van der Waals surface area contributed by atoms with E-state index in [0.717, 1.165) is 12.1 Å². The van der Waals surface area contributed by atoms with Crippen molar-refractivity contribution in [2.75, 3.05) is 38.8 Å². The summed E-state index contributed by atoms with van der Waals surface area (Å²) in [5.41, 5.74) is 4.00. The van der Waals surface area contributed by atoms with Crippen molar-refractivity contribution in [2.24, 2.45) is 0 Å². The van der Waals surface area contributed by atoms with Crippen molar-refractivity contribution in [2.45, 2.75) is 25.4 Å². The number of hydrogen-bond acceptors (Lipinski definition) is 7. The number of nitrogens with zero attached hydrogens (tertiary/aromatic N) is 2. The van der Waals surface area contributed by atoms with E-state index < -0.39 is 0 Å². The van der Waals surface area contributed by atoms with Gasteiger partial charge in [-0.25, -0.2) is 9.97 Å². The number of aromatic amines is 1. The fourth-order valence-electron chi connectivity index (χ4n) is 4.52. The fourth-order valence-corrected chi connectivity index (χ4v) is 4.77. The third-order valence-electron chi connectivity index (χ3n) is 6.07. The summed E-state index contributed by atoms with van der Waals surface area (Å²) in [6.07, 6.45) is 2.39. The fraction of sp³-hybridized carbons (Fsp3) is 0.375. The average molecular weight is 484 g/mol. The summed E-state index contributed by atoms with van der Waals surface area (Å²) in [5, 5.41) is 6.90. The maximum absolute atomic E-state index is 13.2. The molecular weight excluding hydrogens is 458 g/mol. The van der Waals surface area contributed by atoms with Crippen molar-refractivity contribution in [1.82, 2.24) is 20.3 Å². The van der Waals surface area contributed by atoms with Crippen LogP contribution in [-0.4, -0.2) is 60.4 Å². The molecule has 1 fully saturated rings. The number of anilines is 2. The van der Waals surface area contributed by atoms with Crippen LogP contribution in [0.25, 0.3) is 11.4 Å². The number of aromatic nitrogens is 3. The van der Waals surface area contributed by atoms with Gasteiger partial charge in [-0.2, -0.15) is 0 Å². The number of ether oxygens (including phenoxy) is 3. The molecule has 34 heavy (non-hydrogen) atoms. The van der Waals surface area contributed by atoms with Crippen LogP contribution >= 0.6 is 11.6 Å². The van der Waals surface area contributed by atoms with E-state index in [1.165, 1.54) is 0 Å². The molecule has 10 heteroatoms. The monoisotopic (exact) mass is 483 g/mol. The Labute approximate surface area is 202 Å². The van der Waals surface area contributed by atoms with Gasteiger partial charge in [-0.05, 0) is 31.5 Å². The molecule has 0 aliphatic carbocycles. The summed E-state index contributed by atoms with van der Waals surface area (Å²) in [5.74, 6) is 0.983. The molecule has 0 bridgehead atoms. The van der Waals surface area contributed by atoms with Crippen molar-refractivity contribution < 1.29 is 19.0 Å². The Kier molecular flexibility index (Phi) is 6.40. The highest BCUT2D eigenvalue weighted by molar-refractivity contribution is 6.32. The normalized spacial score (nSPS) is 19.9. The Balaban J connectivity index is 1.62. The smallest absolute Gasteiger partial charge is 0.255 e. The highest BCUT2D eigenvalue weighted by Gasteiger charge is 2.35. The number of H-pyrrole nitrogens is 1. The van der Waals surface area contributed by atoms with Crippen LogP contribution in [0.1, 0.15) is 34.2 Å². The number of methoxy groups -OCH3 is 1. The summed E-state index contributed by atoms with van der Waals surface area (Å²) in [6.45, 7) is 4.07. The number of carbonyl (C=O) groups is 1. The van der Waals surface area contributed by atoms with Gasteiger partial charge in [-0.15, -0.1) is 0 Å². The van der Waals surface area contributed by atoms with Crippen LogP contribution in [0.3, 0.4) is 0 Å². The lowest BCUT2D eigenvalue weighted by atomic mass is 9.91. The average Bonchev–Trinajstić information content (AvgIpc) is 3.22. The van der Waals surface area contributed by atoms with Crippen LogP contribution in [0.15, 0.2) is 30.5 Å². The molecule has 2 aliphatic rings. The van der Waals surface area contributed by atoms with Gasteiger partial charge in [-0.3, -0.25) is 4.79 Å². The van der Waals surface area contributed by atoms with Crippen molar-refractivity contribution >= 4 is 28.9 Å². The van der Waals surface area contributed by atoms with Gasteiger partial charge >= 0.3 is 0 Å². The zero-order valence-corrected chi connectivity index (χ0v) is 19.7. The molecular formula is C24H26ClN5O4. The van der Waals surface area contributed by atoms with E-state index in [2.05, 4.69) is 25.6 Å². The first-order chi connectivity index (χ1) is 16.5. The molecule has 3 aromatic rings. The number of rotatable bonds is 6. The van der Waals surface area contributed by atoms with Gasteiger partial charge in [-0.1, -0.05) is 17.7 Å². The first-order valence-electron chi connectivity index (χ1n) is 11.2. The van der Waals surface area contributed by atoms with Gasteiger partial charge in [0.15, 0.2) is 5.75 Å². The Bertz CT molecular complexity index is 1210. The number of hydrogen-bond donors (Lipinski definition) is 3. The number of carbonyl (C=O) groups excluding carboxylic acids is 1. The van der Waals surface area contributed by atoms with Crippen molar-refractivity contribution in [3.05, 3.63) is 52.6 Å². The highest BCUT2D eigenvalue weighted by atomic mass is 35.5. The Morgan fingerprint density at radius 3 is 2.94 bits per heavy atom. The zero-order valence-electron chi connectivity index (χ0n) is 19.0. The lowest BCUT2D eigenvalue weighted by Crippen LogP contribution is -2.38. The first kappa shape index (κ1) is 22.6. The lowest BCUT2D eigenvalue weighted by molar-refractivity contribution is -0.0928. The summed E-state index contributed by atoms with van der Waals surface area (Å²) >= 11 is 6.35. The van der Waals surface area contributed by atoms with Crippen LogP contribution in [0.4, 0.5) is 11.4 Å². The van der Waals surface area contributed by atoms with Crippen LogP contribution < -0.4 is 15.4 Å². The standard InChI is InChI=1S/C24H26ClN5O4/c1-13-26-7-6-17(28-13)21-22(29-18-5-3-4-16(25)23(18)32-2)19-20(30-21)14(11-27-24(19)31)10-15-12-33-8-9-34-15/h3-7,14-15,29-30H,8-12H2,1-2H3,(H,27,31)/t14?,15-/m1/s1. The minimum Gasteiger partial charge on any atom is -0.493 e. The van der Waals surface area contributed by atoms with Gasteiger partial charge in [0.05, 0.1) is 66.4 Å². The molecule has 1 aromatic carbocycles. The molecule has 4 heterocycles. The van der Waals surface area contributed by atoms with E-state index in [9.17, 15) is 4.79 Å². The molecule has 3 N–H and O–H groups in total. The predicted octanol–water partition coefficient (Wildman–Crippen LogP) is 3.82. The molecule has 0 saturated carbocycles. The lowest BCUT2D eigenvalue weighted by Gasteiger charge is -2.29. The minimum atomic E-state index is -0.163. The van der Waals surface area contributed by atoms with Crippen LogP contribution in [-0.2, 0) is 9.47 Å². The van der Waals surface area contributed by atoms with Gasteiger partial charge in [0.25, 0.3) is 5.91 Å². The summed E-state index contributed by atoms with van der Waals surface area (Å²) < 4.78 is 17.0. The number of fused-ring (bicyclic) bond motifs is 1. The SMILES string of the molecule is COc1c(Cl)cccc1Nc1c(-c2ccnc(C)n2)[nH]c2c1C(=O)NCC2C[C@@H]1COCCO1. The quantitative estimate of drug-likeness (QED) is 0.488. The molecule has 9 nitrogen and oxygen atoms in total. The van der Waals surface area contributed by atoms with E-state index >= 15 is 0 Å². The second kappa shape index (κ2) is 9.61. The molecule has 5 rings (SSSR count). The third kappa shape index (κ3) is 4.34. The number of aryl methyl sites for hydroxylation is 1. The molecule has 2 atom stereocenters. The van der Waals surface area contributed by atoms with Crippen molar-refractivity contribution in [3.8, 4) is 17.1 Å². The maximum Gasteiger partial charge on any atom is 0.255 e. The highest BCUT2D eigenvalue weighted by Crippen LogP contribution is 2.43. The number of halogens is 1. The number of benzene rings is 1. The Morgan fingerprint density at radius 2 is 2.18 bits per heavy atom. The molecule has 1 amide bonds. The molecule has 1 unspecified atom stereocenters. The summed E-state index contributed by atoms with van der Waals surface area (Å²) in [7, 11) is 1.56. The third-order valence-corrected chi connectivity index (χ3v) is 6.37. The molecule has 1 saturated heterocycles. The van der Waals surface area contributed by atoms with Gasteiger partial charge in [0, 0.05) is 24.4 Å². The molecule has 0 spiro atoms. The maximum atomic E-state index is 13.2. The number of nitrogens with one attached hydrogen (secondary N) is 3. The number of para-hydroxylation sites is 1. The van der Waals surface area contributed by atoms with Crippen LogP contribution in [0, 0.1) is 6.92 Å². The van der Waals surface area contributed by atoms with Gasteiger partial charge < -0.3 is 29.8 Å². The van der Waals surface area contributed by atoms with Gasteiger partial charge in [0.1, 0.15) is 5.82 Å². The molecule has 0 radical (unpaired) electrons. The number of amides is 1. The second-order valence-electron chi connectivity index (χ2n) is 8.31. The van der Waals surface area contributed by atoms with Crippen molar-refractivity contribution in [3.63, 3.8) is 0 Å². The van der Waals surface area contributed by atoms with E-state index in [1.807, 2.05) is 25.1 Å². The predicted molar refractivity (Wildman–Crippen MR) is 128 cm³/mol. The summed E-state index contributed by atoms with van der Waals surface area (Å²) in [6, 6.07) is 7.24. The topological polar surface area (TPSA) is 110 Å². The minimum absolute atomic E-state index is 0.0258.